The molecule has 2 rings (SSSR count). The maximum atomic E-state index is 11.9. The molecule has 0 aliphatic carbocycles. The van der Waals surface area contributed by atoms with E-state index in [1.807, 2.05) is 18.2 Å². The van der Waals surface area contributed by atoms with Gasteiger partial charge in [-0.1, -0.05) is 44.2 Å². The zero-order chi connectivity index (χ0) is 18.0. The maximum absolute atomic E-state index is 11.9. The molecule has 0 radical (unpaired) electrons. The lowest BCUT2D eigenvalue weighted by molar-refractivity contribution is -0.127. The summed E-state index contributed by atoms with van der Waals surface area (Å²) in [5.74, 6) is 0.846. The van der Waals surface area contributed by atoms with Crippen LogP contribution in [0.25, 0.3) is 0 Å². The van der Waals surface area contributed by atoms with Crippen LogP contribution in [0.3, 0.4) is 0 Å². The van der Waals surface area contributed by atoms with Crippen molar-refractivity contribution in [2.45, 2.75) is 39.8 Å². The van der Waals surface area contributed by atoms with Crippen LogP contribution in [0.5, 0.6) is 0 Å². The Bertz CT molecular complexity index is 605. The van der Waals surface area contributed by atoms with E-state index in [4.69, 9.17) is 4.99 Å². The van der Waals surface area contributed by atoms with Gasteiger partial charge in [0.05, 0.1) is 13.1 Å². The Morgan fingerprint density at radius 3 is 2.33 bits per heavy atom. The number of likely N-dealkylation sites (tertiary alicyclic amines) is 1. The Hall–Kier alpha value is -2.04. The molecular weight excluding hydrogens is 300 g/mol. The normalized spacial score (nSPS) is 18.8. The predicted molar refractivity (Wildman–Crippen MR) is 98.8 cm³/mol. The van der Waals surface area contributed by atoms with Crippen LogP contribution in [-0.4, -0.2) is 54.4 Å². The molecule has 5 nitrogen and oxygen atoms in total. The molecule has 0 spiro atoms. The Morgan fingerprint density at radius 1 is 1.21 bits per heavy atom. The molecule has 1 aromatic rings. The number of carbonyl (C=O) groups is 1. The van der Waals surface area contributed by atoms with Gasteiger partial charge < -0.3 is 15.1 Å². The lowest BCUT2D eigenvalue weighted by atomic mass is 9.65. The highest BCUT2D eigenvalue weighted by molar-refractivity contribution is 5.87. The van der Waals surface area contributed by atoms with E-state index >= 15 is 0 Å². The molecule has 1 fully saturated rings. The maximum Gasteiger partial charge on any atom is 0.241 e. The van der Waals surface area contributed by atoms with Crippen molar-refractivity contribution < 1.29 is 4.79 Å². The second-order valence-electron chi connectivity index (χ2n) is 7.80. The second kappa shape index (κ2) is 6.83. The summed E-state index contributed by atoms with van der Waals surface area (Å²) in [4.78, 5) is 20.6. The van der Waals surface area contributed by atoms with Crippen molar-refractivity contribution in [3.8, 4) is 0 Å². The largest absolute Gasteiger partial charge is 0.347 e. The van der Waals surface area contributed by atoms with Gasteiger partial charge in [-0.15, -0.1) is 0 Å². The summed E-state index contributed by atoms with van der Waals surface area (Å²) in [5.41, 5.74) is 1.37. The average Bonchev–Trinajstić information content (AvgIpc) is 2.53. The Kier molecular flexibility index (Phi) is 5.21. The molecule has 0 atom stereocenters. The van der Waals surface area contributed by atoms with Crippen molar-refractivity contribution in [3.63, 3.8) is 0 Å². The molecule has 1 heterocycles. The highest BCUT2D eigenvalue weighted by atomic mass is 16.2. The first-order chi connectivity index (χ1) is 11.1. The number of hydrogen-bond acceptors (Lipinski definition) is 2. The Morgan fingerprint density at radius 2 is 1.83 bits per heavy atom. The van der Waals surface area contributed by atoms with Crippen LogP contribution < -0.4 is 5.32 Å². The quantitative estimate of drug-likeness (QED) is 0.681. The van der Waals surface area contributed by atoms with Crippen LogP contribution in [0.2, 0.25) is 0 Å². The van der Waals surface area contributed by atoms with Gasteiger partial charge in [0.2, 0.25) is 5.91 Å². The van der Waals surface area contributed by atoms with E-state index < -0.39 is 0 Å². The first-order valence-corrected chi connectivity index (χ1v) is 8.45. The number of guanidine groups is 1. The van der Waals surface area contributed by atoms with Crippen LogP contribution in [0.4, 0.5) is 0 Å². The van der Waals surface area contributed by atoms with Gasteiger partial charge in [-0.25, -0.2) is 4.99 Å². The number of carbonyl (C=O) groups excluding carboxylic acids is 1. The molecule has 1 N–H and O–H groups in total. The highest BCUT2D eigenvalue weighted by Crippen LogP contribution is 2.46. The van der Waals surface area contributed by atoms with Gasteiger partial charge in [-0.2, -0.15) is 0 Å². The predicted octanol–water partition coefficient (Wildman–Crippen LogP) is 2.34. The first-order valence-electron chi connectivity index (χ1n) is 8.45. The van der Waals surface area contributed by atoms with Crippen molar-refractivity contribution in [1.29, 1.82) is 0 Å². The van der Waals surface area contributed by atoms with Crippen LogP contribution in [-0.2, 0) is 11.3 Å². The van der Waals surface area contributed by atoms with E-state index in [9.17, 15) is 4.79 Å². The van der Waals surface area contributed by atoms with Crippen molar-refractivity contribution >= 4 is 11.9 Å². The third-order valence-corrected chi connectivity index (χ3v) is 5.29. The third-order valence-electron chi connectivity index (χ3n) is 5.29. The molecule has 0 bridgehead atoms. The minimum Gasteiger partial charge on any atom is -0.347 e. The zero-order valence-corrected chi connectivity index (χ0v) is 15.8. The third kappa shape index (κ3) is 3.71. The second-order valence-corrected chi connectivity index (χ2v) is 7.80. The summed E-state index contributed by atoms with van der Waals surface area (Å²) in [5, 5.41) is 3.25. The monoisotopic (exact) mass is 330 g/mol. The van der Waals surface area contributed by atoms with Gasteiger partial charge in [-0.05, 0) is 19.4 Å². The Labute approximate surface area is 145 Å². The minimum atomic E-state index is -0.00329. The molecule has 1 aromatic carbocycles. The molecular formula is C19H30N4O. The summed E-state index contributed by atoms with van der Waals surface area (Å²) in [6, 6.07) is 10.2. The fourth-order valence-electron chi connectivity index (χ4n) is 2.70. The molecule has 5 heteroatoms. The van der Waals surface area contributed by atoms with Crippen molar-refractivity contribution in [2.75, 3.05) is 27.2 Å². The molecule has 0 unspecified atom stereocenters. The summed E-state index contributed by atoms with van der Waals surface area (Å²) >= 11 is 0. The molecule has 1 aliphatic rings. The number of nitrogens with one attached hydrogen (secondary N) is 1. The van der Waals surface area contributed by atoms with Crippen LogP contribution in [0.1, 0.15) is 33.3 Å². The van der Waals surface area contributed by atoms with Crippen molar-refractivity contribution in [3.05, 3.63) is 35.9 Å². The number of benzene rings is 1. The molecule has 1 aliphatic heterocycles. The van der Waals surface area contributed by atoms with Gasteiger partial charge in [0.15, 0.2) is 5.96 Å². The van der Waals surface area contributed by atoms with Crippen LogP contribution in [0.15, 0.2) is 35.3 Å². The topological polar surface area (TPSA) is 47.9 Å². The lowest BCUT2D eigenvalue weighted by Crippen LogP contribution is -2.72. The van der Waals surface area contributed by atoms with E-state index in [1.165, 1.54) is 0 Å². The molecule has 1 amide bonds. The van der Waals surface area contributed by atoms with Crippen LogP contribution in [0, 0.1) is 5.41 Å². The molecule has 1 saturated heterocycles. The molecule has 24 heavy (non-hydrogen) atoms. The summed E-state index contributed by atoms with van der Waals surface area (Å²) in [6.07, 6.45) is 0. The average molecular weight is 330 g/mol. The fraction of sp³-hybridized carbons (Fsp3) is 0.579. The van der Waals surface area contributed by atoms with E-state index in [-0.39, 0.29) is 23.4 Å². The number of aliphatic imine (C=N–C) groups is 1. The number of likely N-dealkylation sites (N-methyl/N-ethyl adjacent to an activating group) is 1. The standard InChI is InChI=1S/C19H30N4O/c1-18(2)14-23(19(18,3)4)17(21-13-16(24)22(5)6)20-12-15-10-8-7-9-11-15/h7-11H,12-14H2,1-6H3,(H,20,21). The van der Waals surface area contributed by atoms with Gasteiger partial charge in [-0.3, -0.25) is 4.79 Å². The molecule has 0 saturated carbocycles. The fourth-order valence-corrected chi connectivity index (χ4v) is 2.70. The van der Waals surface area contributed by atoms with Gasteiger partial charge in [0, 0.05) is 31.6 Å². The lowest BCUT2D eigenvalue weighted by Gasteiger charge is -2.62. The summed E-state index contributed by atoms with van der Waals surface area (Å²) < 4.78 is 0. The summed E-state index contributed by atoms with van der Waals surface area (Å²) in [7, 11) is 3.53. The smallest absolute Gasteiger partial charge is 0.241 e. The van der Waals surface area contributed by atoms with Gasteiger partial charge >= 0.3 is 0 Å². The van der Waals surface area contributed by atoms with Crippen molar-refractivity contribution in [2.24, 2.45) is 10.4 Å². The number of hydrogen-bond donors (Lipinski definition) is 1. The van der Waals surface area contributed by atoms with Gasteiger partial charge in [0.1, 0.15) is 0 Å². The number of nitrogens with zero attached hydrogens (tertiary/aromatic N) is 3. The van der Waals surface area contributed by atoms with E-state index in [1.54, 1.807) is 19.0 Å². The van der Waals surface area contributed by atoms with Crippen LogP contribution >= 0.6 is 0 Å². The minimum absolute atomic E-state index is 0.00329. The molecule has 132 valence electrons. The zero-order valence-electron chi connectivity index (χ0n) is 15.8. The SMILES string of the molecule is CN(C)C(=O)CNC(=NCc1ccccc1)N1CC(C)(C)C1(C)C. The van der Waals surface area contributed by atoms with Gasteiger partial charge in [0.25, 0.3) is 0 Å². The Balaban J connectivity index is 2.14. The van der Waals surface area contributed by atoms with E-state index in [2.05, 4.69) is 50.0 Å². The molecule has 0 aromatic heterocycles. The van der Waals surface area contributed by atoms with E-state index in [0.717, 1.165) is 18.1 Å². The van der Waals surface area contributed by atoms with Crippen molar-refractivity contribution in [1.82, 2.24) is 15.1 Å². The number of rotatable bonds is 4. The number of amides is 1. The first kappa shape index (κ1) is 18.3. The van der Waals surface area contributed by atoms with E-state index in [0.29, 0.717) is 6.54 Å². The summed E-state index contributed by atoms with van der Waals surface area (Å²) in [6.45, 7) is 10.8. The highest BCUT2D eigenvalue weighted by Gasteiger charge is 2.53.